The van der Waals surface area contributed by atoms with E-state index in [4.69, 9.17) is 9.16 Å². The average molecular weight is 451 g/mol. The third-order valence-corrected chi connectivity index (χ3v) is 10.3. The normalized spacial score (nSPS) is 11.5. The molecule has 0 fully saturated rings. The van der Waals surface area contributed by atoms with Crippen molar-refractivity contribution in [1.29, 1.82) is 0 Å². The molecule has 3 aromatic carbocycles. The maximum atomic E-state index is 11.5. The summed E-state index contributed by atoms with van der Waals surface area (Å²) in [5.41, 5.74) is -0.234. The highest BCUT2D eigenvalue weighted by Gasteiger charge is 2.52. The van der Waals surface area contributed by atoms with E-state index in [1.54, 1.807) is 0 Å². The van der Waals surface area contributed by atoms with Crippen molar-refractivity contribution >= 4 is 36.5 Å². The van der Waals surface area contributed by atoms with Crippen molar-refractivity contribution in [3.8, 4) is 11.5 Å². The van der Waals surface area contributed by atoms with Crippen LogP contribution in [-0.2, 0) is 4.79 Å². The Bertz CT molecular complexity index is 1060. The molecule has 8 heteroatoms. The molecule has 3 rings (SSSR count). The standard InChI is InChI=1S/C24H26N2O5Si/c1-24(2,3)32(18-11-7-5-8-12-18,19-13-9-6-10-14-19)31-23-15-20(25-17-27)21(26(28)29)16-22(23)30-4/h5-17H,1-4H3,(H,25,27). The van der Waals surface area contributed by atoms with Crippen LogP contribution in [0, 0.1) is 10.1 Å². The Morgan fingerprint density at radius 1 is 0.938 bits per heavy atom. The molecule has 0 bridgehead atoms. The number of nitrogens with zero attached hydrogens (tertiary/aromatic N) is 1. The number of carbonyl (C=O) groups excluding carboxylic acids is 1. The zero-order chi connectivity index (χ0) is 23.4. The molecule has 0 atom stereocenters. The number of methoxy groups -OCH3 is 1. The van der Waals surface area contributed by atoms with Crippen molar-refractivity contribution in [2.75, 3.05) is 12.4 Å². The van der Waals surface area contributed by atoms with Gasteiger partial charge in [-0.15, -0.1) is 0 Å². The summed E-state index contributed by atoms with van der Waals surface area (Å²) in [5.74, 6) is 0.554. The van der Waals surface area contributed by atoms with Crippen LogP contribution in [0.1, 0.15) is 20.8 Å². The molecule has 32 heavy (non-hydrogen) atoms. The van der Waals surface area contributed by atoms with E-state index in [0.717, 1.165) is 10.4 Å². The van der Waals surface area contributed by atoms with E-state index < -0.39 is 13.2 Å². The number of rotatable bonds is 8. The first-order chi connectivity index (χ1) is 15.2. The number of hydrogen-bond donors (Lipinski definition) is 1. The third kappa shape index (κ3) is 4.22. The molecule has 7 nitrogen and oxygen atoms in total. The fraction of sp³-hybridized carbons (Fsp3) is 0.208. The summed E-state index contributed by atoms with van der Waals surface area (Å²) in [6, 6.07) is 22.7. The number of anilines is 1. The second kappa shape index (κ2) is 9.23. The molecule has 1 amide bonds. The van der Waals surface area contributed by atoms with Gasteiger partial charge in [-0.2, -0.15) is 0 Å². The highest BCUT2D eigenvalue weighted by molar-refractivity contribution is 7.00. The monoisotopic (exact) mass is 450 g/mol. The van der Waals surface area contributed by atoms with E-state index in [-0.39, 0.29) is 22.2 Å². The molecule has 0 unspecified atom stereocenters. The topological polar surface area (TPSA) is 90.7 Å². The number of hydrogen-bond acceptors (Lipinski definition) is 5. The molecule has 0 radical (unpaired) electrons. The van der Waals surface area contributed by atoms with E-state index in [9.17, 15) is 14.9 Å². The lowest BCUT2D eigenvalue weighted by atomic mass is 10.2. The maximum absolute atomic E-state index is 11.5. The van der Waals surface area contributed by atoms with Gasteiger partial charge in [-0.3, -0.25) is 14.9 Å². The summed E-state index contributed by atoms with van der Waals surface area (Å²) in [6.07, 6.45) is 0.404. The number of amides is 1. The van der Waals surface area contributed by atoms with Crippen molar-refractivity contribution in [3.63, 3.8) is 0 Å². The predicted molar refractivity (Wildman–Crippen MR) is 128 cm³/mol. The Labute approximate surface area is 188 Å². The molecular formula is C24H26N2O5Si. The highest BCUT2D eigenvalue weighted by Crippen LogP contribution is 2.43. The van der Waals surface area contributed by atoms with Crippen LogP contribution in [0.3, 0.4) is 0 Å². The zero-order valence-corrected chi connectivity index (χ0v) is 19.5. The van der Waals surface area contributed by atoms with Crippen molar-refractivity contribution in [3.05, 3.63) is 82.9 Å². The van der Waals surface area contributed by atoms with Gasteiger partial charge in [0.2, 0.25) is 6.41 Å². The van der Waals surface area contributed by atoms with Gasteiger partial charge in [-0.05, 0) is 15.4 Å². The fourth-order valence-corrected chi connectivity index (χ4v) is 8.35. The SMILES string of the molecule is COc1cc([N+](=O)[O-])c(NC=O)cc1O[Si](c1ccccc1)(c1ccccc1)C(C)(C)C. The Balaban J connectivity index is 2.32. The molecule has 1 N–H and O–H groups in total. The number of ether oxygens (including phenoxy) is 1. The van der Waals surface area contributed by atoms with Gasteiger partial charge in [-0.1, -0.05) is 81.4 Å². The Kier molecular flexibility index (Phi) is 6.64. The van der Waals surface area contributed by atoms with Gasteiger partial charge in [0.25, 0.3) is 5.69 Å². The molecule has 0 aromatic heterocycles. The summed E-state index contributed by atoms with van der Waals surface area (Å²) in [7, 11) is -1.56. The summed E-state index contributed by atoms with van der Waals surface area (Å²) in [4.78, 5) is 22.1. The first kappa shape index (κ1) is 23.0. The van der Waals surface area contributed by atoms with Crippen LogP contribution in [0.2, 0.25) is 5.04 Å². The van der Waals surface area contributed by atoms with Crippen molar-refractivity contribution in [2.45, 2.75) is 25.8 Å². The summed E-state index contributed by atoms with van der Waals surface area (Å²) in [5, 5.41) is 15.7. The van der Waals surface area contributed by atoms with Crippen LogP contribution >= 0.6 is 0 Å². The quantitative estimate of drug-likeness (QED) is 0.241. The molecule has 166 valence electrons. The minimum Gasteiger partial charge on any atom is -0.531 e. The number of nitro benzene ring substituents is 1. The van der Waals surface area contributed by atoms with Crippen molar-refractivity contribution < 1.29 is 18.9 Å². The molecule has 0 heterocycles. The van der Waals surface area contributed by atoms with E-state index in [1.165, 1.54) is 19.2 Å². The van der Waals surface area contributed by atoms with E-state index >= 15 is 0 Å². The van der Waals surface area contributed by atoms with Crippen LogP contribution in [0.4, 0.5) is 11.4 Å². The molecule has 0 spiro atoms. The lowest BCUT2D eigenvalue weighted by molar-refractivity contribution is -0.384. The summed E-state index contributed by atoms with van der Waals surface area (Å²) in [6.45, 7) is 6.38. The minimum absolute atomic E-state index is 0.0405. The first-order valence-corrected chi connectivity index (χ1v) is 12.0. The smallest absolute Gasteiger partial charge is 0.320 e. The second-order valence-corrected chi connectivity index (χ2v) is 12.5. The second-order valence-electron chi connectivity index (χ2n) is 8.30. The fourth-order valence-electron chi connectivity index (χ4n) is 3.93. The van der Waals surface area contributed by atoms with Gasteiger partial charge in [0.1, 0.15) is 11.4 Å². The number of benzene rings is 3. The highest BCUT2D eigenvalue weighted by atomic mass is 28.4. The predicted octanol–water partition coefficient (Wildman–Crippen LogP) is 4.11. The molecule has 0 aliphatic carbocycles. The van der Waals surface area contributed by atoms with Crippen LogP contribution in [0.5, 0.6) is 11.5 Å². The molecule has 0 aliphatic heterocycles. The van der Waals surface area contributed by atoms with Crippen LogP contribution in [0.25, 0.3) is 0 Å². The van der Waals surface area contributed by atoms with Crippen LogP contribution in [0.15, 0.2) is 72.8 Å². The molecule has 0 aliphatic rings. The Morgan fingerprint density at radius 2 is 1.47 bits per heavy atom. The average Bonchev–Trinajstić information content (AvgIpc) is 2.78. The van der Waals surface area contributed by atoms with Gasteiger partial charge < -0.3 is 14.5 Å². The van der Waals surface area contributed by atoms with E-state index in [0.29, 0.717) is 12.2 Å². The van der Waals surface area contributed by atoms with Gasteiger partial charge >= 0.3 is 8.32 Å². The zero-order valence-electron chi connectivity index (χ0n) is 18.5. The minimum atomic E-state index is -2.99. The lowest BCUT2D eigenvalue weighted by Gasteiger charge is -2.43. The van der Waals surface area contributed by atoms with E-state index in [2.05, 4.69) is 26.1 Å². The van der Waals surface area contributed by atoms with Crippen molar-refractivity contribution in [1.82, 2.24) is 0 Å². The summed E-state index contributed by atoms with van der Waals surface area (Å²) < 4.78 is 12.4. The van der Waals surface area contributed by atoms with Crippen LogP contribution in [-0.4, -0.2) is 26.8 Å². The van der Waals surface area contributed by atoms with Crippen LogP contribution < -0.4 is 24.9 Å². The maximum Gasteiger partial charge on any atom is 0.320 e. The van der Waals surface area contributed by atoms with E-state index in [1.807, 2.05) is 60.7 Å². The third-order valence-electron chi connectivity index (χ3n) is 5.37. The molecule has 0 saturated heterocycles. The number of nitrogens with one attached hydrogen (secondary N) is 1. The number of nitro groups is 1. The molecule has 0 saturated carbocycles. The van der Waals surface area contributed by atoms with Crippen molar-refractivity contribution in [2.24, 2.45) is 0 Å². The van der Waals surface area contributed by atoms with Gasteiger partial charge in [0, 0.05) is 6.07 Å². The van der Waals surface area contributed by atoms with Gasteiger partial charge in [-0.25, -0.2) is 0 Å². The molecule has 3 aromatic rings. The largest absolute Gasteiger partial charge is 0.531 e. The number of carbonyl (C=O) groups is 1. The molecular weight excluding hydrogens is 424 g/mol. The summed E-state index contributed by atoms with van der Waals surface area (Å²) >= 11 is 0. The first-order valence-electron chi connectivity index (χ1n) is 10.1. The Morgan fingerprint density at radius 3 is 1.88 bits per heavy atom. The van der Waals surface area contributed by atoms with Gasteiger partial charge in [0.15, 0.2) is 5.75 Å². The lowest BCUT2D eigenvalue weighted by Crippen LogP contribution is -2.68. The van der Waals surface area contributed by atoms with Gasteiger partial charge in [0.05, 0.1) is 18.1 Å². The Hall–Kier alpha value is -3.65.